The molecule has 1 aromatic heterocycles. The van der Waals surface area contributed by atoms with Crippen LogP contribution in [0, 0.1) is 5.92 Å². The Hall–Kier alpha value is -2.99. The Morgan fingerprint density at radius 3 is 2.94 bits per heavy atom. The van der Waals surface area contributed by atoms with Crippen molar-refractivity contribution >= 4 is 22.6 Å². The van der Waals surface area contributed by atoms with Crippen LogP contribution in [0.1, 0.15) is 63.5 Å². The third-order valence-electron chi connectivity index (χ3n) is 7.00. The van der Waals surface area contributed by atoms with Crippen molar-refractivity contribution in [3.63, 3.8) is 0 Å². The molecule has 3 heterocycles. The summed E-state index contributed by atoms with van der Waals surface area (Å²) < 4.78 is 0. The molecule has 0 aliphatic carbocycles. The molecular formula is C28H36N4O2. The molecule has 34 heavy (non-hydrogen) atoms. The third-order valence-corrected chi connectivity index (χ3v) is 7.00. The molecule has 180 valence electrons. The lowest BCUT2D eigenvalue weighted by molar-refractivity contribution is -0.139. The van der Waals surface area contributed by atoms with Crippen LogP contribution in [0.15, 0.2) is 65.6 Å². The standard InChI is InChI=1S/C28H36N4O2/c1-3-24(31-28-20(2)9-8-14-29-28)12-6-4-10-21-18-32(19-21)26(16-27(33)34)23-15-22-11-5-7-13-25(22)30-17-23/h3,5,7,11,13,15,17,21,26,29H,1,4,6,8-10,12,14,16,18-19H2,2H3,(H,33,34)/b31-24+/t26-/m0/s1. The molecule has 1 atom stereocenters. The lowest BCUT2D eigenvalue weighted by Gasteiger charge is -2.44. The molecule has 2 N–H and O–H groups in total. The van der Waals surface area contributed by atoms with E-state index in [1.807, 2.05) is 36.5 Å². The molecule has 0 spiro atoms. The van der Waals surface area contributed by atoms with Gasteiger partial charge in [0.2, 0.25) is 0 Å². The first-order chi connectivity index (χ1) is 16.5. The highest BCUT2D eigenvalue weighted by Gasteiger charge is 2.34. The predicted molar refractivity (Wildman–Crippen MR) is 138 cm³/mol. The zero-order valence-electron chi connectivity index (χ0n) is 20.2. The highest BCUT2D eigenvalue weighted by molar-refractivity contribution is 5.95. The normalized spacial score (nSPS) is 18.4. The molecule has 2 aromatic rings. The third kappa shape index (κ3) is 6.11. The number of aliphatic imine (C=N–C) groups is 1. The van der Waals surface area contributed by atoms with Gasteiger partial charge in [-0.1, -0.05) is 31.2 Å². The van der Waals surface area contributed by atoms with E-state index in [2.05, 4.69) is 34.8 Å². The first-order valence-corrected chi connectivity index (χ1v) is 12.5. The summed E-state index contributed by atoms with van der Waals surface area (Å²) >= 11 is 0. The maximum atomic E-state index is 11.6. The van der Waals surface area contributed by atoms with Gasteiger partial charge in [-0.15, -0.1) is 0 Å². The summed E-state index contributed by atoms with van der Waals surface area (Å²) in [5.41, 5.74) is 4.32. The molecule has 0 bridgehead atoms. The summed E-state index contributed by atoms with van der Waals surface area (Å²) in [7, 11) is 0. The summed E-state index contributed by atoms with van der Waals surface area (Å²) in [6.45, 7) is 9.00. The molecule has 1 saturated heterocycles. The second kappa shape index (κ2) is 11.4. The van der Waals surface area contributed by atoms with Crippen LogP contribution in [0.5, 0.6) is 0 Å². The molecule has 0 amide bonds. The molecule has 1 aromatic carbocycles. The second-order valence-electron chi connectivity index (χ2n) is 9.61. The number of benzene rings is 1. The predicted octanol–water partition coefficient (Wildman–Crippen LogP) is 5.48. The maximum Gasteiger partial charge on any atom is 0.305 e. The van der Waals surface area contributed by atoms with Crippen LogP contribution in [-0.4, -0.2) is 46.3 Å². The van der Waals surface area contributed by atoms with Crippen LogP contribution in [0.25, 0.3) is 10.9 Å². The summed E-state index contributed by atoms with van der Waals surface area (Å²) in [6.07, 6.45) is 10.5. The number of nitrogens with zero attached hydrogens (tertiary/aromatic N) is 3. The number of likely N-dealkylation sites (tertiary alicyclic amines) is 1. The summed E-state index contributed by atoms with van der Waals surface area (Å²) in [4.78, 5) is 23.2. The Balaban J connectivity index is 1.27. The van der Waals surface area contributed by atoms with Gasteiger partial charge in [0.05, 0.1) is 11.9 Å². The highest BCUT2D eigenvalue weighted by Crippen LogP contribution is 2.34. The van der Waals surface area contributed by atoms with Crippen molar-refractivity contribution in [3.05, 3.63) is 66.1 Å². The molecule has 6 nitrogen and oxygen atoms in total. The largest absolute Gasteiger partial charge is 0.481 e. The molecular weight excluding hydrogens is 424 g/mol. The number of nitrogens with one attached hydrogen (secondary N) is 1. The fourth-order valence-corrected chi connectivity index (χ4v) is 4.99. The monoisotopic (exact) mass is 460 g/mol. The fourth-order valence-electron chi connectivity index (χ4n) is 4.99. The lowest BCUT2D eigenvalue weighted by atomic mass is 9.89. The van der Waals surface area contributed by atoms with Crippen molar-refractivity contribution in [2.45, 2.75) is 57.9 Å². The number of hydrogen-bond acceptors (Lipinski definition) is 5. The molecule has 0 radical (unpaired) electrons. The molecule has 0 unspecified atom stereocenters. The van der Waals surface area contributed by atoms with E-state index < -0.39 is 5.97 Å². The first kappa shape index (κ1) is 24.1. The van der Waals surface area contributed by atoms with Gasteiger partial charge < -0.3 is 10.4 Å². The Labute approximate surface area is 202 Å². The van der Waals surface area contributed by atoms with Crippen LogP contribution in [-0.2, 0) is 4.79 Å². The number of pyridine rings is 1. The number of rotatable bonds is 11. The van der Waals surface area contributed by atoms with Crippen LogP contribution < -0.4 is 5.32 Å². The van der Waals surface area contributed by atoms with E-state index in [0.717, 1.165) is 79.7 Å². The number of hydrogen-bond donors (Lipinski definition) is 2. The minimum absolute atomic E-state index is 0.106. The Morgan fingerprint density at radius 2 is 2.18 bits per heavy atom. The number of para-hydroxylation sites is 1. The smallest absolute Gasteiger partial charge is 0.305 e. The van der Waals surface area contributed by atoms with Gasteiger partial charge in [-0.25, -0.2) is 4.99 Å². The number of carboxylic acids is 1. The Bertz CT molecular complexity index is 1080. The maximum absolute atomic E-state index is 11.6. The lowest BCUT2D eigenvalue weighted by Crippen LogP contribution is -2.48. The van der Waals surface area contributed by atoms with E-state index in [4.69, 9.17) is 4.99 Å². The van der Waals surface area contributed by atoms with Crippen molar-refractivity contribution in [2.75, 3.05) is 19.6 Å². The van der Waals surface area contributed by atoms with Crippen LogP contribution >= 0.6 is 0 Å². The van der Waals surface area contributed by atoms with Crippen molar-refractivity contribution < 1.29 is 9.90 Å². The number of aliphatic carboxylic acids is 1. The van der Waals surface area contributed by atoms with Gasteiger partial charge in [0.25, 0.3) is 0 Å². The van der Waals surface area contributed by atoms with Gasteiger partial charge >= 0.3 is 5.97 Å². The van der Waals surface area contributed by atoms with E-state index in [-0.39, 0.29) is 12.5 Å². The van der Waals surface area contributed by atoms with Crippen LogP contribution in [0.3, 0.4) is 0 Å². The minimum atomic E-state index is -0.768. The number of carboxylic acid groups (broad SMARTS) is 1. The summed E-state index contributed by atoms with van der Waals surface area (Å²) in [5, 5.41) is 14.0. The molecule has 0 saturated carbocycles. The van der Waals surface area contributed by atoms with Gasteiger partial charge in [-0.05, 0) is 74.3 Å². The molecule has 1 fully saturated rings. The van der Waals surface area contributed by atoms with Crippen molar-refractivity contribution in [3.8, 4) is 0 Å². The molecule has 2 aliphatic rings. The van der Waals surface area contributed by atoms with Crippen LogP contribution in [0.2, 0.25) is 0 Å². The zero-order valence-corrected chi connectivity index (χ0v) is 20.2. The number of unbranched alkanes of at least 4 members (excludes halogenated alkanes) is 1. The van der Waals surface area contributed by atoms with Crippen LogP contribution in [0.4, 0.5) is 0 Å². The summed E-state index contributed by atoms with van der Waals surface area (Å²) in [5.74, 6) is 0.887. The minimum Gasteiger partial charge on any atom is -0.481 e. The van der Waals surface area contributed by atoms with Gasteiger partial charge in [0, 0.05) is 43.0 Å². The topological polar surface area (TPSA) is 77.8 Å². The Morgan fingerprint density at radius 1 is 1.35 bits per heavy atom. The second-order valence-corrected chi connectivity index (χ2v) is 9.61. The number of fused-ring (bicyclic) bond motifs is 1. The number of carbonyl (C=O) groups is 1. The first-order valence-electron chi connectivity index (χ1n) is 12.5. The number of allylic oxidation sites excluding steroid dienone is 2. The summed E-state index contributed by atoms with van der Waals surface area (Å²) in [6, 6.07) is 9.95. The van der Waals surface area contributed by atoms with Crippen molar-refractivity contribution in [2.24, 2.45) is 10.9 Å². The average Bonchev–Trinajstić information content (AvgIpc) is 2.81. The molecule has 2 aliphatic heterocycles. The van der Waals surface area contributed by atoms with Gasteiger partial charge in [0.1, 0.15) is 5.82 Å². The van der Waals surface area contributed by atoms with E-state index in [0.29, 0.717) is 5.92 Å². The molecule has 4 rings (SSSR count). The van der Waals surface area contributed by atoms with E-state index in [1.54, 1.807) is 0 Å². The average molecular weight is 461 g/mol. The van der Waals surface area contributed by atoms with Gasteiger partial charge in [-0.2, -0.15) is 0 Å². The SMILES string of the molecule is C=C/C(CCCCC1CN([C@@H](CC(=O)O)c2cnc3ccccc3c2)C1)=N\C1=C(C)CCCN1. The van der Waals surface area contributed by atoms with Crippen molar-refractivity contribution in [1.82, 2.24) is 15.2 Å². The van der Waals surface area contributed by atoms with E-state index in [9.17, 15) is 9.90 Å². The fraction of sp³-hybridized carbons (Fsp3) is 0.464. The number of aromatic nitrogens is 1. The molecule has 6 heteroatoms. The highest BCUT2D eigenvalue weighted by atomic mass is 16.4. The van der Waals surface area contributed by atoms with Gasteiger partial charge in [-0.3, -0.25) is 14.7 Å². The Kier molecular flexibility index (Phi) is 8.12. The van der Waals surface area contributed by atoms with E-state index in [1.165, 1.54) is 12.0 Å². The quantitative estimate of drug-likeness (QED) is 0.343. The van der Waals surface area contributed by atoms with E-state index >= 15 is 0 Å². The zero-order chi connectivity index (χ0) is 23.9. The van der Waals surface area contributed by atoms with Gasteiger partial charge in [0.15, 0.2) is 0 Å². The van der Waals surface area contributed by atoms with Crippen molar-refractivity contribution in [1.29, 1.82) is 0 Å².